The summed E-state index contributed by atoms with van der Waals surface area (Å²) in [7, 11) is 2.88. The zero-order valence-electron chi connectivity index (χ0n) is 19.1. The van der Waals surface area contributed by atoms with Crippen molar-refractivity contribution in [3.8, 4) is 17.2 Å². The molecule has 9 nitrogen and oxygen atoms in total. The van der Waals surface area contributed by atoms with E-state index in [2.05, 4.69) is 15.8 Å². The Kier molecular flexibility index (Phi) is 8.42. The Bertz CT molecular complexity index is 1290. The summed E-state index contributed by atoms with van der Waals surface area (Å²) in [5.41, 5.74) is 3.99. The Balaban J connectivity index is 1.64. The molecule has 3 aromatic rings. The zero-order chi connectivity index (χ0) is 25.4. The van der Waals surface area contributed by atoms with Gasteiger partial charge in [-0.3, -0.25) is 9.59 Å². The first-order chi connectivity index (χ1) is 16.8. The van der Waals surface area contributed by atoms with Crippen molar-refractivity contribution < 1.29 is 28.6 Å². The number of halogens is 1. The molecular formula is C25H22ClN3O6. The first-order valence-corrected chi connectivity index (χ1v) is 10.6. The summed E-state index contributed by atoms with van der Waals surface area (Å²) < 4.78 is 15.9. The van der Waals surface area contributed by atoms with Crippen LogP contribution >= 0.6 is 11.6 Å². The molecule has 3 rings (SSSR count). The molecule has 0 atom stereocenters. The third-order valence-electron chi connectivity index (χ3n) is 4.82. The van der Waals surface area contributed by atoms with Crippen LogP contribution in [0.15, 0.2) is 65.8 Å². The summed E-state index contributed by atoms with van der Waals surface area (Å²) in [6.07, 6.45) is 1.31. The van der Waals surface area contributed by atoms with E-state index in [0.29, 0.717) is 27.6 Å². The second-order valence-corrected chi connectivity index (χ2v) is 7.47. The molecule has 0 bridgehead atoms. The number of para-hydroxylation sites is 1. The van der Waals surface area contributed by atoms with Crippen molar-refractivity contribution in [3.63, 3.8) is 0 Å². The molecule has 10 heteroatoms. The van der Waals surface area contributed by atoms with Crippen LogP contribution in [0.5, 0.6) is 17.2 Å². The molecule has 0 aromatic heterocycles. The van der Waals surface area contributed by atoms with E-state index in [0.717, 1.165) is 0 Å². The van der Waals surface area contributed by atoms with Crippen molar-refractivity contribution in [3.05, 3.63) is 82.4 Å². The Hall–Kier alpha value is -4.37. The number of methoxy groups -OCH3 is 2. The maximum atomic E-state index is 12.6. The average molecular weight is 496 g/mol. The highest BCUT2D eigenvalue weighted by atomic mass is 35.5. The molecule has 0 aliphatic carbocycles. The number of ether oxygens (including phenoxy) is 3. The largest absolute Gasteiger partial charge is 0.496 e. The standard InChI is InChI=1S/C25H22ClN3O6/c1-15-18(26)8-6-9-19(15)28-23(30)24(31)29-27-14-16-11-12-21(22(13-16)34-3)35-25(32)17-7-4-5-10-20(17)33-2/h4-14H,1-3H3,(H,28,30)(H,29,31). The molecule has 0 unspecified atom stereocenters. The summed E-state index contributed by atoms with van der Waals surface area (Å²) in [6, 6.07) is 16.3. The van der Waals surface area contributed by atoms with Gasteiger partial charge in [0.25, 0.3) is 0 Å². The lowest BCUT2D eigenvalue weighted by molar-refractivity contribution is -0.136. The molecule has 2 amide bonds. The van der Waals surface area contributed by atoms with Crippen LogP contribution in [-0.2, 0) is 9.59 Å². The molecule has 0 saturated heterocycles. The molecule has 0 fully saturated rings. The summed E-state index contributed by atoms with van der Waals surface area (Å²) in [5.74, 6) is -1.65. The third-order valence-corrected chi connectivity index (χ3v) is 5.23. The summed E-state index contributed by atoms with van der Waals surface area (Å²) in [5, 5.41) is 6.73. The van der Waals surface area contributed by atoms with Crippen LogP contribution in [0.3, 0.4) is 0 Å². The highest BCUT2D eigenvalue weighted by Gasteiger charge is 2.17. The highest BCUT2D eigenvalue weighted by molar-refractivity contribution is 6.40. The molecule has 180 valence electrons. The summed E-state index contributed by atoms with van der Waals surface area (Å²) in [6.45, 7) is 1.72. The van der Waals surface area contributed by atoms with E-state index in [4.69, 9.17) is 25.8 Å². The van der Waals surface area contributed by atoms with Crippen LogP contribution in [0.25, 0.3) is 0 Å². The van der Waals surface area contributed by atoms with E-state index in [1.165, 1.54) is 26.5 Å². The molecule has 0 radical (unpaired) electrons. The number of nitrogens with one attached hydrogen (secondary N) is 2. The predicted molar refractivity (Wildman–Crippen MR) is 132 cm³/mol. The number of amides is 2. The fourth-order valence-corrected chi connectivity index (χ4v) is 3.13. The fraction of sp³-hybridized carbons (Fsp3) is 0.120. The summed E-state index contributed by atoms with van der Waals surface area (Å²) >= 11 is 6.02. The molecule has 0 spiro atoms. The van der Waals surface area contributed by atoms with Gasteiger partial charge in [0, 0.05) is 10.7 Å². The number of carbonyl (C=O) groups excluding carboxylic acids is 3. The molecule has 35 heavy (non-hydrogen) atoms. The van der Waals surface area contributed by atoms with Gasteiger partial charge in [-0.15, -0.1) is 0 Å². The van der Waals surface area contributed by atoms with E-state index in [1.807, 2.05) is 0 Å². The van der Waals surface area contributed by atoms with Crippen molar-refractivity contribution in [1.29, 1.82) is 0 Å². The quantitative estimate of drug-likeness (QED) is 0.168. The zero-order valence-corrected chi connectivity index (χ0v) is 19.9. The van der Waals surface area contributed by atoms with Gasteiger partial charge < -0.3 is 19.5 Å². The maximum absolute atomic E-state index is 12.6. The second-order valence-electron chi connectivity index (χ2n) is 7.07. The number of carbonyl (C=O) groups is 3. The van der Waals surface area contributed by atoms with Crippen LogP contribution in [0.1, 0.15) is 21.5 Å². The van der Waals surface area contributed by atoms with Gasteiger partial charge in [0.05, 0.1) is 20.4 Å². The van der Waals surface area contributed by atoms with Gasteiger partial charge in [-0.25, -0.2) is 10.2 Å². The molecular weight excluding hydrogens is 474 g/mol. The number of hydrogen-bond acceptors (Lipinski definition) is 7. The maximum Gasteiger partial charge on any atom is 0.347 e. The van der Waals surface area contributed by atoms with Gasteiger partial charge in [-0.05, 0) is 60.5 Å². The van der Waals surface area contributed by atoms with Crippen molar-refractivity contribution >= 4 is 41.3 Å². The Morgan fingerprint density at radius 2 is 1.63 bits per heavy atom. The molecule has 3 aromatic carbocycles. The van der Waals surface area contributed by atoms with Crippen molar-refractivity contribution in [2.45, 2.75) is 6.92 Å². The van der Waals surface area contributed by atoms with E-state index in [9.17, 15) is 14.4 Å². The van der Waals surface area contributed by atoms with Crippen LogP contribution in [-0.4, -0.2) is 38.2 Å². The molecule has 0 saturated carbocycles. The van der Waals surface area contributed by atoms with Gasteiger partial charge in [0.1, 0.15) is 11.3 Å². The SMILES string of the molecule is COc1cc(C=NNC(=O)C(=O)Nc2cccc(Cl)c2C)ccc1OC(=O)c1ccccc1OC. The highest BCUT2D eigenvalue weighted by Crippen LogP contribution is 2.29. The number of hydrazone groups is 1. The van der Waals surface area contributed by atoms with Gasteiger partial charge in [-0.1, -0.05) is 29.8 Å². The normalized spacial score (nSPS) is 10.5. The molecule has 0 aliphatic rings. The number of rotatable bonds is 7. The number of nitrogens with zero attached hydrogens (tertiary/aromatic N) is 1. The van der Waals surface area contributed by atoms with Crippen LogP contribution in [0, 0.1) is 6.92 Å². The fourth-order valence-electron chi connectivity index (χ4n) is 2.96. The lowest BCUT2D eigenvalue weighted by Crippen LogP contribution is -2.32. The molecule has 2 N–H and O–H groups in total. The van der Waals surface area contributed by atoms with Crippen molar-refractivity contribution in [1.82, 2.24) is 5.43 Å². The average Bonchev–Trinajstić information content (AvgIpc) is 2.87. The lowest BCUT2D eigenvalue weighted by Gasteiger charge is -2.11. The van der Waals surface area contributed by atoms with Crippen LogP contribution in [0.4, 0.5) is 5.69 Å². The topological polar surface area (TPSA) is 115 Å². The van der Waals surface area contributed by atoms with Gasteiger partial charge in [0.15, 0.2) is 11.5 Å². The van der Waals surface area contributed by atoms with E-state index >= 15 is 0 Å². The molecule has 0 aliphatic heterocycles. The first-order valence-electron chi connectivity index (χ1n) is 10.3. The van der Waals surface area contributed by atoms with E-state index in [-0.39, 0.29) is 17.1 Å². The summed E-state index contributed by atoms with van der Waals surface area (Å²) in [4.78, 5) is 36.7. The number of hydrogen-bond donors (Lipinski definition) is 2. The molecule has 0 heterocycles. The lowest BCUT2D eigenvalue weighted by atomic mass is 10.2. The van der Waals surface area contributed by atoms with Crippen molar-refractivity contribution in [2.75, 3.05) is 19.5 Å². The Morgan fingerprint density at radius 1 is 0.886 bits per heavy atom. The van der Waals surface area contributed by atoms with Gasteiger partial charge >= 0.3 is 17.8 Å². The monoisotopic (exact) mass is 495 g/mol. The first kappa shape index (κ1) is 25.3. The predicted octanol–water partition coefficient (Wildman–Crippen LogP) is 3.97. The Morgan fingerprint density at radius 3 is 2.37 bits per heavy atom. The number of anilines is 1. The smallest absolute Gasteiger partial charge is 0.347 e. The number of esters is 1. The minimum atomic E-state index is -0.963. The van der Waals surface area contributed by atoms with Crippen molar-refractivity contribution in [2.24, 2.45) is 5.10 Å². The number of benzene rings is 3. The van der Waals surface area contributed by atoms with E-state index in [1.54, 1.807) is 61.5 Å². The second kappa shape index (κ2) is 11.7. The minimum Gasteiger partial charge on any atom is -0.496 e. The third kappa shape index (κ3) is 6.36. The minimum absolute atomic E-state index is 0.181. The van der Waals surface area contributed by atoms with E-state index < -0.39 is 17.8 Å². The van der Waals surface area contributed by atoms with Gasteiger partial charge in [0.2, 0.25) is 0 Å². The van der Waals surface area contributed by atoms with Gasteiger partial charge in [-0.2, -0.15) is 5.10 Å². The van der Waals surface area contributed by atoms with Crippen LogP contribution < -0.4 is 25.0 Å². The van der Waals surface area contributed by atoms with Crippen LogP contribution in [0.2, 0.25) is 5.02 Å². The Labute approximate surface area is 206 Å².